The van der Waals surface area contributed by atoms with Crippen molar-refractivity contribution in [3.8, 4) is 5.75 Å². The van der Waals surface area contributed by atoms with E-state index >= 15 is 0 Å². The second kappa shape index (κ2) is 10.5. The third kappa shape index (κ3) is 5.65. The van der Waals surface area contributed by atoms with Crippen molar-refractivity contribution >= 4 is 35.0 Å². The second-order valence-electron chi connectivity index (χ2n) is 8.35. The molecule has 37 heavy (non-hydrogen) atoms. The van der Waals surface area contributed by atoms with Gasteiger partial charge in [0.05, 0.1) is 28.9 Å². The maximum Gasteiger partial charge on any atom is 0.434 e. The lowest BCUT2D eigenvalue weighted by Crippen LogP contribution is -2.41. The molecular weight excluding hydrogens is 529 g/mol. The van der Waals surface area contributed by atoms with E-state index in [0.29, 0.717) is 16.3 Å². The van der Waals surface area contributed by atoms with Gasteiger partial charge >= 0.3 is 12.1 Å². The highest BCUT2D eigenvalue weighted by Gasteiger charge is 2.45. The summed E-state index contributed by atoms with van der Waals surface area (Å²) in [7, 11) is 0. The Bertz CT molecular complexity index is 1520. The Morgan fingerprint density at radius 2 is 1.81 bits per heavy atom. The van der Waals surface area contributed by atoms with Crippen molar-refractivity contribution < 1.29 is 27.4 Å². The van der Waals surface area contributed by atoms with Gasteiger partial charge in [-0.2, -0.15) is 13.2 Å². The van der Waals surface area contributed by atoms with Crippen LogP contribution in [-0.4, -0.2) is 29.4 Å². The molecule has 0 bridgehead atoms. The molecule has 4 rings (SSSR count). The second-order valence-corrected chi connectivity index (χ2v) is 9.80. The van der Waals surface area contributed by atoms with E-state index in [1.807, 2.05) is 13.8 Å². The molecule has 0 amide bonds. The molecule has 2 heterocycles. The number of ether oxygens (including phenoxy) is 2. The first kappa shape index (κ1) is 26.7. The fourth-order valence-corrected chi connectivity index (χ4v) is 4.99. The number of alkyl halides is 3. The van der Waals surface area contributed by atoms with E-state index in [4.69, 9.17) is 21.1 Å². The number of hydrogen-bond acceptors (Lipinski definition) is 6. The average molecular weight is 551 g/mol. The number of thiazole rings is 1. The maximum atomic E-state index is 14.1. The van der Waals surface area contributed by atoms with Gasteiger partial charge in [0.25, 0.3) is 5.56 Å². The Morgan fingerprint density at radius 1 is 1.16 bits per heavy atom. The van der Waals surface area contributed by atoms with Crippen molar-refractivity contribution in [3.63, 3.8) is 0 Å². The standard InChI is InChI=1S/C26H22ClF3N2O4S/c1-4-35-24(34)20-21(16-7-9-17(27)10-8-16)32-23(33)19(37-25(32)31-22(20)26(28,29)30)13-15-5-11-18(12-6-15)36-14(2)3/h5-14,21H,4H2,1-3H3/b19-13-/t21-/m1/s1. The monoisotopic (exact) mass is 550 g/mol. The molecule has 11 heteroatoms. The van der Waals surface area contributed by atoms with E-state index < -0.39 is 35.0 Å². The van der Waals surface area contributed by atoms with Gasteiger partial charge in [0.1, 0.15) is 5.75 Å². The topological polar surface area (TPSA) is 69.9 Å². The van der Waals surface area contributed by atoms with Crippen LogP contribution in [0.2, 0.25) is 5.02 Å². The van der Waals surface area contributed by atoms with Gasteiger partial charge < -0.3 is 9.47 Å². The molecule has 0 N–H and O–H groups in total. The van der Waals surface area contributed by atoms with Crippen molar-refractivity contribution in [2.45, 2.75) is 39.1 Å². The van der Waals surface area contributed by atoms with Crippen LogP contribution in [0.1, 0.15) is 37.9 Å². The number of carbonyl (C=O) groups excluding carboxylic acids is 1. The molecule has 1 aliphatic rings. The Kier molecular flexibility index (Phi) is 7.61. The molecular formula is C26H22ClF3N2O4S. The van der Waals surface area contributed by atoms with Crippen LogP contribution in [0.3, 0.4) is 0 Å². The van der Waals surface area contributed by atoms with Crippen LogP contribution in [0.15, 0.2) is 69.6 Å². The fraction of sp³-hybridized carbons (Fsp3) is 0.269. The SMILES string of the molecule is CCOC(=O)C1=C(C(F)(F)F)N=c2s/c(=C\c3ccc(OC(C)C)cc3)c(=O)n2[C@@H]1c1ccc(Cl)cc1. The zero-order valence-electron chi connectivity index (χ0n) is 20.0. The number of allylic oxidation sites excluding steroid dienone is 1. The highest BCUT2D eigenvalue weighted by molar-refractivity contribution is 7.07. The van der Waals surface area contributed by atoms with Gasteiger partial charge in [0.2, 0.25) is 0 Å². The summed E-state index contributed by atoms with van der Waals surface area (Å²) in [4.78, 5) is 29.9. The number of rotatable bonds is 6. The molecule has 1 aliphatic heterocycles. The van der Waals surface area contributed by atoms with Crippen molar-refractivity contribution in [1.82, 2.24) is 4.57 Å². The summed E-state index contributed by atoms with van der Waals surface area (Å²) < 4.78 is 54.2. The maximum absolute atomic E-state index is 14.1. The van der Waals surface area contributed by atoms with E-state index in [2.05, 4.69) is 4.99 Å². The van der Waals surface area contributed by atoms with Gasteiger partial charge in [-0.1, -0.05) is 47.2 Å². The average Bonchev–Trinajstić information content (AvgIpc) is 3.14. The highest BCUT2D eigenvalue weighted by atomic mass is 35.5. The van der Waals surface area contributed by atoms with E-state index in [1.165, 1.54) is 31.2 Å². The molecule has 0 spiro atoms. The number of carbonyl (C=O) groups is 1. The minimum absolute atomic E-state index is 0.0150. The number of aromatic nitrogens is 1. The quantitative estimate of drug-likeness (QED) is 0.414. The number of halogens is 4. The van der Waals surface area contributed by atoms with Crippen LogP contribution in [0, 0.1) is 0 Å². The largest absolute Gasteiger partial charge is 0.491 e. The summed E-state index contributed by atoms with van der Waals surface area (Å²) in [6.07, 6.45) is -3.42. The number of hydrogen-bond donors (Lipinski definition) is 0. The van der Waals surface area contributed by atoms with Gasteiger partial charge in [-0.05, 0) is 62.2 Å². The Balaban J connectivity index is 1.95. The molecule has 0 radical (unpaired) electrons. The van der Waals surface area contributed by atoms with Crippen molar-refractivity contribution in [3.05, 3.63) is 95.6 Å². The van der Waals surface area contributed by atoms with E-state index in [1.54, 1.807) is 30.3 Å². The predicted molar refractivity (Wildman–Crippen MR) is 134 cm³/mol. The van der Waals surface area contributed by atoms with Crippen molar-refractivity contribution in [2.24, 2.45) is 4.99 Å². The Morgan fingerprint density at radius 3 is 2.38 bits per heavy atom. The summed E-state index contributed by atoms with van der Waals surface area (Å²) >= 11 is 6.79. The minimum atomic E-state index is -4.96. The first-order valence-electron chi connectivity index (χ1n) is 11.3. The molecule has 0 aliphatic carbocycles. The number of benzene rings is 2. The van der Waals surface area contributed by atoms with Crippen LogP contribution >= 0.6 is 22.9 Å². The zero-order valence-corrected chi connectivity index (χ0v) is 21.6. The lowest BCUT2D eigenvalue weighted by atomic mass is 9.95. The van der Waals surface area contributed by atoms with Gasteiger partial charge in [0.15, 0.2) is 10.5 Å². The lowest BCUT2D eigenvalue weighted by Gasteiger charge is -2.26. The number of fused-ring (bicyclic) bond motifs is 1. The van der Waals surface area contributed by atoms with E-state index in [0.717, 1.165) is 15.9 Å². The first-order valence-corrected chi connectivity index (χ1v) is 12.5. The number of nitrogens with zero attached hydrogens (tertiary/aromatic N) is 2. The van der Waals surface area contributed by atoms with Crippen molar-refractivity contribution in [2.75, 3.05) is 6.61 Å². The van der Waals surface area contributed by atoms with Gasteiger partial charge in [0, 0.05) is 5.02 Å². The van der Waals surface area contributed by atoms with Crippen LogP contribution < -0.4 is 19.6 Å². The van der Waals surface area contributed by atoms with Gasteiger partial charge in [-0.15, -0.1) is 0 Å². The molecule has 0 saturated carbocycles. The van der Waals surface area contributed by atoms with Gasteiger partial charge in [-0.3, -0.25) is 9.36 Å². The van der Waals surface area contributed by atoms with Crippen LogP contribution in [0.5, 0.6) is 5.75 Å². The van der Waals surface area contributed by atoms with E-state index in [-0.39, 0.29) is 27.6 Å². The Labute approximate surface area is 218 Å². The molecule has 0 saturated heterocycles. The summed E-state index contributed by atoms with van der Waals surface area (Å²) in [6.45, 7) is 5.12. The molecule has 0 fully saturated rings. The summed E-state index contributed by atoms with van der Waals surface area (Å²) in [5.74, 6) is -0.557. The predicted octanol–water partition coefficient (Wildman–Crippen LogP) is 4.78. The fourth-order valence-electron chi connectivity index (χ4n) is 3.87. The third-order valence-electron chi connectivity index (χ3n) is 5.33. The minimum Gasteiger partial charge on any atom is -0.491 e. The Hall–Kier alpha value is -3.37. The van der Waals surface area contributed by atoms with Crippen LogP contribution in [-0.2, 0) is 9.53 Å². The molecule has 194 valence electrons. The summed E-state index contributed by atoms with van der Waals surface area (Å²) in [6, 6.07) is 11.4. The molecule has 3 aromatic rings. The zero-order chi connectivity index (χ0) is 26.9. The highest BCUT2D eigenvalue weighted by Crippen LogP contribution is 2.38. The normalized spacial score (nSPS) is 16.0. The molecule has 1 atom stereocenters. The number of esters is 1. The molecule has 6 nitrogen and oxygen atoms in total. The lowest BCUT2D eigenvalue weighted by molar-refractivity contribution is -0.140. The molecule has 0 unspecified atom stereocenters. The molecule has 1 aromatic heterocycles. The summed E-state index contributed by atoms with van der Waals surface area (Å²) in [5.41, 5.74) is -1.84. The van der Waals surface area contributed by atoms with Crippen LogP contribution in [0.4, 0.5) is 13.2 Å². The smallest absolute Gasteiger partial charge is 0.434 e. The third-order valence-corrected chi connectivity index (χ3v) is 6.57. The van der Waals surface area contributed by atoms with E-state index in [9.17, 15) is 22.8 Å². The first-order chi connectivity index (χ1) is 17.5. The van der Waals surface area contributed by atoms with Gasteiger partial charge in [-0.25, -0.2) is 9.79 Å². The van der Waals surface area contributed by atoms with Crippen LogP contribution in [0.25, 0.3) is 6.08 Å². The summed E-state index contributed by atoms with van der Waals surface area (Å²) in [5, 5.41) is 0.346. The van der Waals surface area contributed by atoms with Crippen molar-refractivity contribution in [1.29, 1.82) is 0 Å². The molecule has 2 aromatic carbocycles.